The second-order valence-corrected chi connectivity index (χ2v) is 6.06. The van der Waals surface area contributed by atoms with Gasteiger partial charge < -0.3 is 9.47 Å². The molecule has 1 unspecified atom stereocenters. The fraction of sp³-hybridized carbons (Fsp3) is 0.136. The van der Waals surface area contributed by atoms with Gasteiger partial charge in [-0.2, -0.15) is 0 Å². The number of rotatable bonds is 3. The minimum atomic E-state index is -0.249. The maximum Gasteiger partial charge on any atom is 0.170 e. The highest BCUT2D eigenvalue weighted by molar-refractivity contribution is 6.02. The number of carbonyl (C=O) groups excluding carboxylic acids is 1. The lowest BCUT2D eigenvalue weighted by molar-refractivity contribution is 0.0851. The van der Waals surface area contributed by atoms with E-state index >= 15 is 0 Å². The quantitative estimate of drug-likeness (QED) is 0.672. The van der Waals surface area contributed by atoms with Crippen LogP contribution in [0.3, 0.4) is 0 Å². The molecule has 0 radical (unpaired) electrons. The molecule has 0 saturated heterocycles. The van der Waals surface area contributed by atoms with Crippen molar-refractivity contribution in [3.05, 3.63) is 83.9 Å². The molecule has 0 aliphatic carbocycles. The molecule has 3 aromatic rings. The predicted octanol–water partition coefficient (Wildman–Crippen LogP) is 5.07. The molecule has 0 bridgehead atoms. The molecule has 3 aromatic carbocycles. The summed E-state index contributed by atoms with van der Waals surface area (Å²) in [4.78, 5) is 12.7. The van der Waals surface area contributed by atoms with Crippen LogP contribution in [0, 0.1) is 0 Å². The van der Waals surface area contributed by atoms with Crippen LogP contribution >= 0.6 is 0 Å². The fourth-order valence-corrected chi connectivity index (χ4v) is 3.20. The first kappa shape index (κ1) is 15.5. The van der Waals surface area contributed by atoms with Crippen molar-refractivity contribution in [1.29, 1.82) is 0 Å². The Labute approximate surface area is 146 Å². The summed E-state index contributed by atoms with van der Waals surface area (Å²) in [6.07, 6.45) is 0.115. The van der Waals surface area contributed by atoms with Gasteiger partial charge in [-0.1, -0.05) is 54.6 Å². The Morgan fingerprint density at radius 1 is 0.880 bits per heavy atom. The Bertz CT molecular complexity index is 898. The van der Waals surface area contributed by atoms with Gasteiger partial charge in [0, 0.05) is 5.56 Å². The molecule has 1 atom stereocenters. The van der Waals surface area contributed by atoms with E-state index in [1.165, 1.54) is 0 Å². The second-order valence-electron chi connectivity index (χ2n) is 6.06. The number of carbonyl (C=O) groups is 1. The van der Waals surface area contributed by atoms with Crippen LogP contribution in [0.25, 0.3) is 11.1 Å². The lowest BCUT2D eigenvalue weighted by atomic mass is 9.92. The average molecular weight is 330 g/mol. The molecule has 4 rings (SSSR count). The standard InChI is InChI=1S/C22H18O3/c1-24-17-12-10-15(11-13-17)18-8-5-9-19-20(23)14-21(25-22(18)19)16-6-3-2-4-7-16/h2-13,21H,14H2,1H3. The van der Waals surface area contributed by atoms with Crippen molar-refractivity contribution < 1.29 is 14.3 Å². The molecular weight excluding hydrogens is 312 g/mol. The molecule has 1 heterocycles. The zero-order valence-electron chi connectivity index (χ0n) is 13.9. The normalized spacial score (nSPS) is 16.0. The number of benzene rings is 3. The number of hydrogen-bond acceptors (Lipinski definition) is 3. The van der Waals surface area contributed by atoms with Crippen LogP contribution in [0.15, 0.2) is 72.8 Å². The number of methoxy groups -OCH3 is 1. The maximum atomic E-state index is 12.7. The van der Waals surface area contributed by atoms with E-state index in [0.717, 1.165) is 22.4 Å². The van der Waals surface area contributed by atoms with Crippen molar-refractivity contribution in [2.75, 3.05) is 7.11 Å². The first-order valence-electron chi connectivity index (χ1n) is 8.28. The van der Waals surface area contributed by atoms with Crippen LogP contribution in [0.4, 0.5) is 0 Å². The van der Waals surface area contributed by atoms with Gasteiger partial charge in [-0.25, -0.2) is 0 Å². The van der Waals surface area contributed by atoms with Crippen LogP contribution in [0.2, 0.25) is 0 Å². The second kappa shape index (κ2) is 6.44. The molecule has 1 aliphatic heterocycles. The highest BCUT2D eigenvalue weighted by Crippen LogP contribution is 2.41. The van der Waals surface area contributed by atoms with Gasteiger partial charge in [0.25, 0.3) is 0 Å². The molecule has 0 fully saturated rings. The molecule has 0 amide bonds. The monoisotopic (exact) mass is 330 g/mol. The number of hydrogen-bond donors (Lipinski definition) is 0. The Morgan fingerprint density at radius 2 is 1.60 bits per heavy atom. The van der Waals surface area contributed by atoms with Crippen molar-refractivity contribution in [2.45, 2.75) is 12.5 Å². The minimum absolute atomic E-state index is 0.116. The fourth-order valence-electron chi connectivity index (χ4n) is 3.20. The van der Waals surface area contributed by atoms with Gasteiger partial charge >= 0.3 is 0 Å². The molecule has 0 saturated carbocycles. The maximum absolute atomic E-state index is 12.7. The SMILES string of the molecule is COc1ccc(-c2cccc3c2OC(c2ccccc2)CC3=O)cc1. The molecular formula is C22H18O3. The van der Waals surface area contributed by atoms with Gasteiger partial charge in [0.2, 0.25) is 0 Å². The zero-order chi connectivity index (χ0) is 17.2. The van der Waals surface area contributed by atoms with Gasteiger partial charge in [-0.3, -0.25) is 4.79 Å². The van der Waals surface area contributed by atoms with Crippen LogP contribution in [0.1, 0.15) is 28.4 Å². The number of ketones is 1. The third-order valence-electron chi connectivity index (χ3n) is 4.52. The highest BCUT2D eigenvalue weighted by Gasteiger charge is 2.29. The summed E-state index contributed by atoms with van der Waals surface area (Å²) in [6, 6.07) is 23.4. The van der Waals surface area contributed by atoms with E-state index in [1.54, 1.807) is 7.11 Å². The summed E-state index contributed by atoms with van der Waals surface area (Å²) >= 11 is 0. The van der Waals surface area contributed by atoms with E-state index in [9.17, 15) is 4.79 Å². The highest BCUT2D eigenvalue weighted by atomic mass is 16.5. The number of para-hydroxylation sites is 1. The number of Topliss-reactive ketones (excluding diaryl/α,β-unsaturated/α-hetero) is 1. The number of fused-ring (bicyclic) bond motifs is 1. The smallest absolute Gasteiger partial charge is 0.170 e. The Morgan fingerprint density at radius 3 is 2.32 bits per heavy atom. The molecule has 3 heteroatoms. The summed E-state index contributed by atoms with van der Waals surface area (Å²) in [5.41, 5.74) is 3.60. The molecule has 1 aliphatic rings. The summed E-state index contributed by atoms with van der Waals surface area (Å²) < 4.78 is 11.5. The molecule has 0 spiro atoms. The molecule has 0 aromatic heterocycles. The van der Waals surface area contributed by atoms with E-state index in [2.05, 4.69) is 0 Å². The van der Waals surface area contributed by atoms with Gasteiger partial charge in [-0.05, 0) is 29.3 Å². The average Bonchev–Trinajstić information content (AvgIpc) is 2.68. The van der Waals surface area contributed by atoms with Gasteiger partial charge in [0.15, 0.2) is 5.78 Å². The Balaban J connectivity index is 1.77. The van der Waals surface area contributed by atoms with Gasteiger partial charge in [-0.15, -0.1) is 0 Å². The van der Waals surface area contributed by atoms with Gasteiger partial charge in [0.05, 0.1) is 19.1 Å². The van der Waals surface area contributed by atoms with Crippen molar-refractivity contribution in [2.24, 2.45) is 0 Å². The van der Waals surface area contributed by atoms with E-state index in [0.29, 0.717) is 17.7 Å². The predicted molar refractivity (Wildman–Crippen MR) is 97.2 cm³/mol. The molecule has 124 valence electrons. The van der Waals surface area contributed by atoms with E-state index in [-0.39, 0.29) is 11.9 Å². The van der Waals surface area contributed by atoms with E-state index < -0.39 is 0 Å². The van der Waals surface area contributed by atoms with Crippen molar-refractivity contribution in [3.8, 4) is 22.6 Å². The summed E-state index contributed by atoms with van der Waals surface area (Å²) in [7, 11) is 1.64. The number of ether oxygens (including phenoxy) is 2. The third kappa shape index (κ3) is 2.89. The van der Waals surface area contributed by atoms with E-state index in [1.807, 2.05) is 72.8 Å². The molecule has 3 nitrogen and oxygen atoms in total. The first-order valence-corrected chi connectivity index (χ1v) is 8.28. The summed E-state index contributed by atoms with van der Waals surface area (Å²) in [5, 5.41) is 0. The van der Waals surface area contributed by atoms with Crippen molar-refractivity contribution in [3.63, 3.8) is 0 Å². The molecule has 25 heavy (non-hydrogen) atoms. The third-order valence-corrected chi connectivity index (χ3v) is 4.52. The van der Waals surface area contributed by atoms with E-state index in [4.69, 9.17) is 9.47 Å². The minimum Gasteiger partial charge on any atom is -0.497 e. The van der Waals surface area contributed by atoms with Crippen LogP contribution in [-0.2, 0) is 0 Å². The van der Waals surface area contributed by atoms with Crippen molar-refractivity contribution in [1.82, 2.24) is 0 Å². The lowest BCUT2D eigenvalue weighted by Crippen LogP contribution is -2.20. The summed E-state index contributed by atoms with van der Waals surface area (Å²) in [6.45, 7) is 0. The largest absolute Gasteiger partial charge is 0.497 e. The molecule has 0 N–H and O–H groups in total. The van der Waals surface area contributed by atoms with Crippen LogP contribution in [-0.4, -0.2) is 12.9 Å². The summed E-state index contributed by atoms with van der Waals surface area (Å²) in [5.74, 6) is 1.58. The van der Waals surface area contributed by atoms with Crippen molar-refractivity contribution >= 4 is 5.78 Å². The first-order chi connectivity index (χ1) is 12.3. The Kier molecular flexibility index (Phi) is 3.98. The van der Waals surface area contributed by atoms with Crippen LogP contribution < -0.4 is 9.47 Å². The van der Waals surface area contributed by atoms with Crippen LogP contribution in [0.5, 0.6) is 11.5 Å². The lowest BCUT2D eigenvalue weighted by Gasteiger charge is -2.27. The van der Waals surface area contributed by atoms with Gasteiger partial charge in [0.1, 0.15) is 17.6 Å². The zero-order valence-corrected chi connectivity index (χ0v) is 13.9. The Hall–Kier alpha value is -3.07. The topological polar surface area (TPSA) is 35.5 Å².